The molecule has 0 amide bonds. The molecule has 5 heteroatoms. The molecule has 0 aliphatic carbocycles. The molecule has 0 aromatic heterocycles. The van der Waals surface area contributed by atoms with Gasteiger partial charge >= 0.3 is 5.97 Å². The van der Waals surface area contributed by atoms with E-state index in [4.69, 9.17) is 16.3 Å². The van der Waals surface area contributed by atoms with Gasteiger partial charge in [0.15, 0.2) is 0 Å². The maximum absolute atomic E-state index is 11.0. The maximum Gasteiger partial charge on any atom is 0.325 e. The average Bonchev–Trinajstić information content (AvgIpc) is 2.17. The van der Waals surface area contributed by atoms with E-state index in [1.165, 1.54) is 0 Å². The van der Waals surface area contributed by atoms with Crippen LogP contribution in [0.25, 0.3) is 0 Å². The molecule has 0 bridgehead atoms. The van der Waals surface area contributed by atoms with Gasteiger partial charge in [0, 0.05) is 0 Å². The van der Waals surface area contributed by atoms with E-state index in [1.54, 1.807) is 13.0 Å². The van der Waals surface area contributed by atoms with Crippen LogP contribution < -0.4 is 5.32 Å². The van der Waals surface area contributed by atoms with Crippen LogP contribution >= 0.6 is 24.0 Å². The molecule has 0 aliphatic rings. The van der Waals surface area contributed by atoms with Crippen molar-refractivity contribution in [1.82, 2.24) is 0 Å². The van der Waals surface area contributed by atoms with E-state index in [9.17, 15) is 4.79 Å². The summed E-state index contributed by atoms with van der Waals surface area (Å²) in [5, 5.41) is 3.49. The molecule has 1 rings (SSSR count). The number of rotatable bonds is 4. The minimum absolute atomic E-state index is 0. The summed E-state index contributed by atoms with van der Waals surface area (Å²) in [5.41, 5.74) is 0.738. The molecule has 0 fully saturated rings. The molecule has 84 valence electrons. The van der Waals surface area contributed by atoms with Gasteiger partial charge in [-0.15, -0.1) is 12.4 Å². The molecule has 1 N–H and O–H groups in total. The standard InChI is InChI=1S/C10H12ClNO2.ClH/c1-2-14-10(13)7-12-9-6-4-3-5-8(9)11;/h3-6,12H,2,7H2,1H3;1H. The van der Waals surface area contributed by atoms with Crippen LogP contribution in [0.4, 0.5) is 5.69 Å². The molecular formula is C10H13Cl2NO2. The fourth-order valence-corrected chi connectivity index (χ4v) is 1.19. The second-order valence-corrected chi connectivity index (χ2v) is 3.05. The van der Waals surface area contributed by atoms with Crippen LogP contribution in [-0.4, -0.2) is 19.1 Å². The van der Waals surface area contributed by atoms with E-state index in [0.29, 0.717) is 11.6 Å². The lowest BCUT2D eigenvalue weighted by Crippen LogP contribution is -2.16. The van der Waals surface area contributed by atoms with E-state index in [0.717, 1.165) is 5.69 Å². The number of carbonyl (C=O) groups excluding carboxylic acids is 1. The zero-order valence-corrected chi connectivity index (χ0v) is 9.90. The van der Waals surface area contributed by atoms with Gasteiger partial charge in [-0.25, -0.2) is 0 Å². The lowest BCUT2D eigenvalue weighted by Gasteiger charge is -2.06. The fraction of sp³-hybridized carbons (Fsp3) is 0.300. The van der Waals surface area contributed by atoms with Gasteiger partial charge in [-0.1, -0.05) is 23.7 Å². The fourth-order valence-electron chi connectivity index (χ4n) is 0.984. The monoisotopic (exact) mass is 249 g/mol. The Hall–Kier alpha value is -0.930. The molecule has 0 saturated carbocycles. The van der Waals surface area contributed by atoms with Crippen LogP contribution in [0, 0.1) is 0 Å². The molecule has 0 radical (unpaired) electrons. The van der Waals surface area contributed by atoms with Crippen molar-refractivity contribution in [2.75, 3.05) is 18.5 Å². The molecule has 0 saturated heterocycles. The van der Waals surface area contributed by atoms with Crippen molar-refractivity contribution >= 4 is 35.7 Å². The SMILES string of the molecule is CCOC(=O)CNc1ccccc1Cl.Cl. The first-order valence-electron chi connectivity index (χ1n) is 4.38. The predicted molar refractivity (Wildman–Crippen MR) is 63.8 cm³/mol. The maximum atomic E-state index is 11.0. The molecule has 3 nitrogen and oxygen atoms in total. The number of halogens is 2. The number of para-hydroxylation sites is 1. The van der Waals surface area contributed by atoms with Crippen molar-refractivity contribution in [2.24, 2.45) is 0 Å². The Kier molecular flexibility index (Phi) is 6.92. The van der Waals surface area contributed by atoms with Gasteiger partial charge in [-0.05, 0) is 19.1 Å². The quantitative estimate of drug-likeness (QED) is 0.835. The lowest BCUT2D eigenvalue weighted by molar-refractivity contribution is -0.140. The van der Waals surface area contributed by atoms with Crippen LogP contribution in [0.3, 0.4) is 0 Å². The number of carbonyl (C=O) groups is 1. The summed E-state index contributed by atoms with van der Waals surface area (Å²) in [5.74, 6) is -0.285. The number of ether oxygens (including phenoxy) is 1. The number of hydrogen-bond acceptors (Lipinski definition) is 3. The van der Waals surface area contributed by atoms with Crippen molar-refractivity contribution in [3.8, 4) is 0 Å². The van der Waals surface area contributed by atoms with Crippen molar-refractivity contribution in [1.29, 1.82) is 0 Å². The highest BCUT2D eigenvalue weighted by Crippen LogP contribution is 2.19. The Morgan fingerprint density at radius 3 is 2.73 bits per heavy atom. The van der Waals surface area contributed by atoms with Crippen LogP contribution in [0.1, 0.15) is 6.92 Å². The largest absolute Gasteiger partial charge is 0.465 e. The van der Waals surface area contributed by atoms with Crippen LogP contribution in [-0.2, 0) is 9.53 Å². The molecule has 15 heavy (non-hydrogen) atoms. The smallest absolute Gasteiger partial charge is 0.325 e. The lowest BCUT2D eigenvalue weighted by atomic mass is 10.3. The van der Waals surface area contributed by atoms with E-state index in [2.05, 4.69) is 5.32 Å². The molecule has 1 aromatic carbocycles. The third-order valence-electron chi connectivity index (χ3n) is 1.60. The van der Waals surface area contributed by atoms with Crippen molar-refractivity contribution in [3.63, 3.8) is 0 Å². The highest BCUT2D eigenvalue weighted by atomic mass is 35.5. The number of benzene rings is 1. The summed E-state index contributed by atoms with van der Waals surface area (Å²) in [6.07, 6.45) is 0. The van der Waals surface area contributed by atoms with Gasteiger partial charge in [0.25, 0.3) is 0 Å². The number of esters is 1. The van der Waals surface area contributed by atoms with Crippen molar-refractivity contribution < 1.29 is 9.53 Å². The van der Waals surface area contributed by atoms with E-state index < -0.39 is 0 Å². The number of anilines is 1. The van der Waals surface area contributed by atoms with Crippen LogP contribution in [0.15, 0.2) is 24.3 Å². The molecule has 1 aromatic rings. The summed E-state index contributed by atoms with van der Waals surface area (Å²) in [6.45, 7) is 2.30. The third kappa shape index (κ3) is 4.91. The van der Waals surface area contributed by atoms with E-state index in [1.807, 2.05) is 18.2 Å². The minimum Gasteiger partial charge on any atom is -0.465 e. The van der Waals surface area contributed by atoms with Gasteiger partial charge < -0.3 is 10.1 Å². The Morgan fingerprint density at radius 1 is 1.47 bits per heavy atom. The van der Waals surface area contributed by atoms with E-state index in [-0.39, 0.29) is 24.9 Å². The van der Waals surface area contributed by atoms with Crippen LogP contribution in [0.2, 0.25) is 5.02 Å². The third-order valence-corrected chi connectivity index (χ3v) is 1.93. The first-order chi connectivity index (χ1) is 6.74. The van der Waals surface area contributed by atoms with Crippen molar-refractivity contribution in [3.05, 3.63) is 29.3 Å². The highest BCUT2D eigenvalue weighted by molar-refractivity contribution is 6.33. The molecule has 0 unspecified atom stereocenters. The first-order valence-corrected chi connectivity index (χ1v) is 4.76. The Morgan fingerprint density at radius 2 is 2.13 bits per heavy atom. The Labute approximate surface area is 100 Å². The highest BCUT2D eigenvalue weighted by Gasteiger charge is 2.02. The molecule has 0 atom stereocenters. The molecule has 0 heterocycles. The molecular weight excluding hydrogens is 237 g/mol. The Bertz CT molecular complexity index is 318. The molecule has 0 aliphatic heterocycles. The second-order valence-electron chi connectivity index (χ2n) is 2.64. The first kappa shape index (κ1) is 14.1. The zero-order valence-electron chi connectivity index (χ0n) is 8.33. The van der Waals surface area contributed by atoms with Crippen molar-refractivity contribution in [2.45, 2.75) is 6.92 Å². The van der Waals surface area contributed by atoms with E-state index >= 15 is 0 Å². The summed E-state index contributed by atoms with van der Waals surface area (Å²) < 4.78 is 4.76. The summed E-state index contributed by atoms with van der Waals surface area (Å²) in [4.78, 5) is 11.0. The predicted octanol–water partition coefficient (Wildman–Crippen LogP) is 2.74. The zero-order chi connectivity index (χ0) is 10.4. The average molecular weight is 250 g/mol. The van der Waals surface area contributed by atoms with Gasteiger partial charge in [0.2, 0.25) is 0 Å². The second kappa shape index (κ2) is 7.37. The van der Waals surface area contributed by atoms with Crippen LogP contribution in [0.5, 0.6) is 0 Å². The van der Waals surface area contributed by atoms with Gasteiger partial charge in [-0.3, -0.25) is 4.79 Å². The number of nitrogens with one attached hydrogen (secondary N) is 1. The summed E-state index contributed by atoms with van der Waals surface area (Å²) in [7, 11) is 0. The number of hydrogen-bond donors (Lipinski definition) is 1. The summed E-state index contributed by atoms with van der Waals surface area (Å²) in [6, 6.07) is 7.24. The normalized spacial score (nSPS) is 8.93. The topological polar surface area (TPSA) is 38.3 Å². The van der Waals surface area contributed by atoms with Gasteiger partial charge in [0.1, 0.15) is 6.54 Å². The Balaban J connectivity index is 0.00000196. The molecule has 0 spiro atoms. The summed E-state index contributed by atoms with van der Waals surface area (Å²) >= 11 is 5.87. The van der Waals surface area contributed by atoms with Gasteiger partial charge in [0.05, 0.1) is 17.3 Å². The van der Waals surface area contributed by atoms with Gasteiger partial charge in [-0.2, -0.15) is 0 Å². The minimum atomic E-state index is -0.285.